The van der Waals surface area contributed by atoms with Crippen molar-refractivity contribution in [1.29, 1.82) is 0 Å². The highest BCUT2D eigenvalue weighted by Crippen LogP contribution is 2.19. The number of hydrogen-bond donors (Lipinski definition) is 2. The van der Waals surface area contributed by atoms with Crippen LogP contribution in [0.25, 0.3) is 0 Å². The Morgan fingerprint density at radius 3 is 2.80 bits per heavy atom. The Morgan fingerprint density at radius 1 is 1.35 bits per heavy atom. The van der Waals surface area contributed by atoms with Gasteiger partial charge in [0, 0.05) is 17.3 Å². The second-order valence-electron chi connectivity index (χ2n) is 4.42. The molecule has 0 spiro atoms. The summed E-state index contributed by atoms with van der Waals surface area (Å²) in [4.78, 5) is 12.1. The van der Waals surface area contributed by atoms with Crippen molar-refractivity contribution in [2.24, 2.45) is 0 Å². The van der Waals surface area contributed by atoms with Crippen LogP contribution in [0.1, 0.15) is 28.8 Å². The lowest BCUT2D eigenvalue weighted by molar-refractivity contribution is 0.0947. The smallest absolute Gasteiger partial charge is 0.251 e. The van der Waals surface area contributed by atoms with Crippen LogP contribution in [0.2, 0.25) is 0 Å². The number of benzene rings is 1. The number of rotatable bonds is 5. The third kappa shape index (κ3) is 3.54. The summed E-state index contributed by atoms with van der Waals surface area (Å²) in [6.45, 7) is 4.60. The summed E-state index contributed by atoms with van der Waals surface area (Å²) in [7, 11) is 0. The maximum Gasteiger partial charge on any atom is 0.251 e. The lowest BCUT2D eigenvalue weighted by Gasteiger charge is -2.08. The standard InChI is InChI=1S/C15H18N2O3/c1-3-19-14-7-11(6-12(16)8-14)15(18)17-9-13-5-4-10(2)20-13/h4-8H,3,9,16H2,1-2H3,(H,17,18). The highest BCUT2D eigenvalue weighted by Gasteiger charge is 2.09. The molecule has 3 N–H and O–H groups in total. The molecule has 106 valence electrons. The number of ether oxygens (including phenoxy) is 1. The highest BCUT2D eigenvalue weighted by molar-refractivity contribution is 5.95. The summed E-state index contributed by atoms with van der Waals surface area (Å²) in [6, 6.07) is 8.67. The first-order valence-corrected chi connectivity index (χ1v) is 6.45. The monoisotopic (exact) mass is 274 g/mol. The van der Waals surface area contributed by atoms with Crippen molar-refractivity contribution in [2.45, 2.75) is 20.4 Å². The lowest BCUT2D eigenvalue weighted by atomic mass is 10.1. The van der Waals surface area contributed by atoms with Crippen LogP contribution < -0.4 is 15.8 Å². The molecule has 0 bridgehead atoms. The van der Waals surface area contributed by atoms with Crippen molar-refractivity contribution in [2.75, 3.05) is 12.3 Å². The van der Waals surface area contributed by atoms with Crippen LogP contribution in [0.15, 0.2) is 34.7 Å². The molecule has 0 aliphatic carbocycles. The molecule has 20 heavy (non-hydrogen) atoms. The van der Waals surface area contributed by atoms with Crippen molar-refractivity contribution in [1.82, 2.24) is 5.32 Å². The van der Waals surface area contributed by atoms with E-state index in [2.05, 4.69) is 5.32 Å². The minimum Gasteiger partial charge on any atom is -0.494 e. The van der Waals surface area contributed by atoms with Crippen molar-refractivity contribution in [3.05, 3.63) is 47.4 Å². The van der Waals surface area contributed by atoms with Gasteiger partial charge >= 0.3 is 0 Å². The summed E-state index contributed by atoms with van der Waals surface area (Å²) in [5.74, 6) is 1.90. The molecule has 0 saturated heterocycles. The first-order chi connectivity index (χ1) is 9.58. The molecule has 0 aliphatic heterocycles. The predicted molar refractivity (Wildman–Crippen MR) is 76.6 cm³/mol. The fourth-order valence-electron chi connectivity index (χ4n) is 1.85. The quantitative estimate of drug-likeness (QED) is 0.821. The zero-order valence-corrected chi connectivity index (χ0v) is 11.6. The third-order valence-corrected chi connectivity index (χ3v) is 2.72. The maximum absolute atomic E-state index is 12.1. The van der Waals surface area contributed by atoms with E-state index in [4.69, 9.17) is 14.9 Å². The van der Waals surface area contributed by atoms with Crippen LogP contribution in [-0.4, -0.2) is 12.5 Å². The van der Waals surface area contributed by atoms with Crippen LogP contribution in [-0.2, 0) is 6.54 Å². The molecule has 1 heterocycles. The van der Waals surface area contributed by atoms with Gasteiger partial charge in [-0.1, -0.05) is 0 Å². The molecule has 2 rings (SSSR count). The van der Waals surface area contributed by atoms with Crippen LogP contribution >= 0.6 is 0 Å². The summed E-state index contributed by atoms with van der Waals surface area (Å²) in [6.07, 6.45) is 0. The van der Waals surface area contributed by atoms with Crippen LogP contribution in [0.4, 0.5) is 5.69 Å². The van der Waals surface area contributed by atoms with Gasteiger partial charge < -0.3 is 20.2 Å². The first-order valence-electron chi connectivity index (χ1n) is 6.45. The number of nitrogen functional groups attached to an aromatic ring is 1. The predicted octanol–water partition coefficient (Wildman–Crippen LogP) is 2.50. The van der Waals surface area contributed by atoms with Gasteiger partial charge in [-0.25, -0.2) is 0 Å². The molecule has 2 aromatic rings. The molecule has 5 nitrogen and oxygen atoms in total. The van der Waals surface area contributed by atoms with E-state index in [1.807, 2.05) is 26.0 Å². The fourth-order valence-corrected chi connectivity index (χ4v) is 1.85. The van der Waals surface area contributed by atoms with Gasteiger partial charge in [0.05, 0.1) is 13.2 Å². The van der Waals surface area contributed by atoms with E-state index >= 15 is 0 Å². The van der Waals surface area contributed by atoms with Gasteiger partial charge in [0.15, 0.2) is 0 Å². The van der Waals surface area contributed by atoms with Gasteiger partial charge in [-0.3, -0.25) is 4.79 Å². The molecule has 0 fully saturated rings. The van der Waals surface area contributed by atoms with Gasteiger partial charge in [0.1, 0.15) is 17.3 Å². The Balaban J connectivity index is 2.04. The Morgan fingerprint density at radius 2 is 2.15 bits per heavy atom. The van der Waals surface area contributed by atoms with E-state index in [1.54, 1.807) is 18.2 Å². The van der Waals surface area contributed by atoms with E-state index in [0.717, 1.165) is 5.76 Å². The van der Waals surface area contributed by atoms with Crippen molar-refractivity contribution in [3.8, 4) is 5.75 Å². The van der Waals surface area contributed by atoms with Gasteiger partial charge in [-0.2, -0.15) is 0 Å². The average Bonchev–Trinajstić information content (AvgIpc) is 2.81. The minimum atomic E-state index is -0.215. The van der Waals surface area contributed by atoms with Crippen molar-refractivity contribution in [3.63, 3.8) is 0 Å². The summed E-state index contributed by atoms with van der Waals surface area (Å²) in [5, 5.41) is 2.78. The summed E-state index contributed by atoms with van der Waals surface area (Å²) >= 11 is 0. The van der Waals surface area contributed by atoms with E-state index in [-0.39, 0.29) is 5.91 Å². The molecule has 0 aliphatic rings. The van der Waals surface area contributed by atoms with E-state index < -0.39 is 0 Å². The second kappa shape index (κ2) is 6.14. The number of anilines is 1. The molecule has 0 atom stereocenters. The van der Waals surface area contributed by atoms with Crippen LogP contribution in [0.5, 0.6) is 5.75 Å². The molecular weight excluding hydrogens is 256 g/mol. The zero-order chi connectivity index (χ0) is 14.5. The molecule has 0 radical (unpaired) electrons. The van der Waals surface area contributed by atoms with Crippen LogP contribution in [0, 0.1) is 6.92 Å². The largest absolute Gasteiger partial charge is 0.494 e. The molecule has 1 aromatic carbocycles. The number of nitrogens with two attached hydrogens (primary N) is 1. The minimum absolute atomic E-state index is 0.215. The molecule has 0 saturated carbocycles. The number of furan rings is 1. The van der Waals surface area contributed by atoms with Gasteiger partial charge in [0.25, 0.3) is 5.91 Å². The molecule has 5 heteroatoms. The first kappa shape index (κ1) is 14.0. The fraction of sp³-hybridized carbons (Fsp3) is 0.267. The van der Waals surface area contributed by atoms with Gasteiger partial charge in [-0.15, -0.1) is 0 Å². The maximum atomic E-state index is 12.1. The Labute approximate surface area is 117 Å². The lowest BCUT2D eigenvalue weighted by Crippen LogP contribution is -2.22. The van der Waals surface area contributed by atoms with Crippen molar-refractivity contribution < 1.29 is 13.9 Å². The van der Waals surface area contributed by atoms with Crippen LogP contribution in [0.3, 0.4) is 0 Å². The summed E-state index contributed by atoms with van der Waals surface area (Å²) < 4.78 is 10.8. The Kier molecular flexibility index (Phi) is 4.30. The van der Waals surface area contributed by atoms with Gasteiger partial charge in [-0.05, 0) is 38.1 Å². The van der Waals surface area contributed by atoms with E-state index in [1.165, 1.54) is 0 Å². The number of amides is 1. The molecule has 0 unspecified atom stereocenters. The summed E-state index contributed by atoms with van der Waals surface area (Å²) in [5.41, 5.74) is 6.72. The number of carbonyl (C=O) groups excluding carboxylic acids is 1. The molecule has 1 aromatic heterocycles. The number of carbonyl (C=O) groups is 1. The highest BCUT2D eigenvalue weighted by atomic mass is 16.5. The Bertz CT molecular complexity index is 605. The average molecular weight is 274 g/mol. The number of hydrogen-bond acceptors (Lipinski definition) is 4. The second-order valence-corrected chi connectivity index (χ2v) is 4.42. The molecule has 1 amide bonds. The van der Waals surface area contributed by atoms with Crippen molar-refractivity contribution >= 4 is 11.6 Å². The Hall–Kier alpha value is -2.43. The normalized spacial score (nSPS) is 10.3. The van der Waals surface area contributed by atoms with Gasteiger partial charge in [0.2, 0.25) is 0 Å². The number of aryl methyl sites for hydroxylation is 1. The van der Waals surface area contributed by atoms with E-state index in [9.17, 15) is 4.79 Å². The molecular formula is C15H18N2O3. The SMILES string of the molecule is CCOc1cc(N)cc(C(=O)NCc2ccc(C)o2)c1. The topological polar surface area (TPSA) is 77.5 Å². The third-order valence-electron chi connectivity index (χ3n) is 2.72. The van der Waals surface area contributed by atoms with E-state index in [0.29, 0.717) is 35.9 Å². The number of nitrogens with one attached hydrogen (secondary N) is 1. The zero-order valence-electron chi connectivity index (χ0n) is 11.6.